The van der Waals surface area contributed by atoms with Crippen LogP contribution in [0.15, 0.2) is 61.3 Å². The minimum atomic E-state index is 0.819. The van der Waals surface area contributed by atoms with Crippen LogP contribution >= 0.6 is 0 Å². The third kappa shape index (κ3) is 4.32. The lowest BCUT2D eigenvalue weighted by molar-refractivity contribution is 1.23. The van der Waals surface area contributed by atoms with Crippen molar-refractivity contribution >= 4 is 5.69 Å². The average Bonchev–Trinajstić information content (AvgIpc) is 2.22. The van der Waals surface area contributed by atoms with Crippen LogP contribution in [0.5, 0.6) is 0 Å². The van der Waals surface area contributed by atoms with E-state index in [2.05, 4.69) is 49.7 Å². The van der Waals surface area contributed by atoms with Crippen molar-refractivity contribution in [1.82, 2.24) is 0 Å². The van der Waals surface area contributed by atoms with E-state index in [0.29, 0.717) is 0 Å². The zero-order valence-electron chi connectivity index (χ0n) is 9.16. The van der Waals surface area contributed by atoms with Gasteiger partial charge in [0, 0.05) is 17.8 Å². The first-order chi connectivity index (χ1) is 7.22. The molecule has 1 rings (SSSR count). The zero-order chi connectivity index (χ0) is 11.1. The average molecular weight is 199 g/mol. The summed E-state index contributed by atoms with van der Waals surface area (Å²) in [5.41, 5.74) is 3.33. The number of hydrogen-bond donors (Lipinski definition) is 1. The number of benzene rings is 1. The molecule has 0 aliphatic rings. The summed E-state index contributed by atoms with van der Waals surface area (Å²) in [5, 5.41) is 3.25. The monoisotopic (exact) mass is 199 g/mol. The van der Waals surface area contributed by atoms with E-state index in [1.165, 1.54) is 5.56 Å². The molecule has 0 saturated carbocycles. The van der Waals surface area contributed by atoms with Crippen molar-refractivity contribution in [1.29, 1.82) is 0 Å². The molecule has 0 radical (unpaired) electrons. The summed E-state index contributed by atoms with van der Waals surface area (Å²) >= 11 is 0. The Balaban J connectivity index is 2.47. The van der Waals surface area contributed by atoms with E-state index in [-0.39, 0.29) is 0 Å². The van der Waals surface area contributed by atoms with Gasteiger partial charge < -0.3 is 5.32 Å². The second-order valence-electron chi connectivity index (χ2n) is 3.46. The Morgan fingerprint density at radius 3 is 2.60 bits per heavy atom. The highest BCUT2D eigenvalue weighted by Gasteiger charge is 1.92. The van der Waals surface area contributed by atoms with E-state index in [4.69, 9.17) is 0 Å². The van der Waals surface area contributed by atoms with Crippen LogP contribution in [0, 0.1) is 6.92 Å². The summed E-state index contributed by atoms with van der Waals surface area (Å²) in [4.78, 5) is 0. The second-order valence-corrected chi connectivity index (χ2v) is 3.46. The molecule has 0 unspecified atom stereocenters. The molecule has 0 bridgehead atoms. The molecule has 1 aromatic carbocycles. The van der Waals surface area contributed by atoms with E-state index < -0.39 is 0 Å². The van der Waals surface area contributed by atoms with Crippen LogP contribution in [0.4, 0.5) is 5.69 Å². The van der Waals surface area contributed by atoms with Crippen LogP contribution in [0.3, 0.4) is 0 Å². The van der Waals surface area contributed by atoms with Gasteiger partial charge in [-0.3, -0.25) is 0 Å². The second kappa shape index (κ2) is 5.86. The Kier molecular flexibility index (Phi) is 4.42. The van der Waals surface area contributed by atoms with Crippen molar-refractivity contribution in [2.75, 3.05) is 5.32 Å². The highest BCUT2D eigenvalue weighted by Crippen LogP contribution is 2.12. The molecule has 0 atom stereocenters. The van der Waals surface area contributed by atoms with Gasteiger partial charge in [-0.05, 0) is 19.1 Å². The summed E-state index contributed by atoms with van der Waals surface area (Å²) in [5.74, 6) is 0. The molecule has 0 saturated heterocycles. The van der Waals surface area contributed by atoms with Crippen LogP contribution in [-0.4, -0.2) is 0 Å². The van der Waals surface area contributed by atoms with Crippen LogP contribution in [0.25, 0.3) is 0 Å². The van der Waals surface area contributed by atoms with Crippen molar-refractivity contribution in [3.05, 3.63) is 66.9 Å². The van der Waals surface area contributed by atoms with E-state index in [9.17, 15) is 0 Å². The smallest absolute Gasteiger partial charge is 0.0381 e. The summed E-state index contributed by atoms with van der Waals surface area (Å²) in [7, 11) is 0. The maximum absolute atomic E-state index is 3.95. The Labute approximate surface area is 91.8 Å². The molecular formula is C14H17N. The topological polar surface area (TPSA) is 12.0 Å². The molecule has 0 aromatic heterocycles. The highest BCUT2D eigenvalue weighted by atomic mass is 14.9. The number of aryl methyl sites for hydroxylation is 1. The molecule has 1 heteroatoms. The molecule has 1 aromatic rings. The predicted molar refractivity (Wildman–Crippen MR) is 67.9 cm³/mol. The van der Waals surface area contributed by atoms with Crippen molar-refractivity contribution in [3.63, 3.8) is 0 Å². The molecule has 78 valence electrons. The molecule has 0 aliphatic heterocycles. The molecule has 15 heavy (non-hydrogen) atoms. The fraction of sp³-hybridized carbons (Fsp3) is 0.143. The van der Waals surface area contributed by atoms with E-state index >= 15 is 0 Å². The van der Waals surface area contributed by atoms with Crippen LogP contribution < -0.4 is 5.32 Å². The van der Waals surface area contributed by atoms with Gasteiger partial charge in [-0.1, -0.05) is 49.1 Å². The first kappa shape index (κ1) is 11.3. The molecule has 0 fully saturated rings. The largest absolute Gasteiger partial charge is 0.359 e. The quantitative estimate of drug-likeness (QED) is 0.705. The van der Waals surface area contributed by atoms with Gasteiger partial charge in [-0.15, -0.1) is 0 Å². The maximum atomic E-state index is 3.95. The summed E-state index contributed by atoms with van der Waals surface area (Å²) in [6.07, 6.45) is 6.53. The van der Waals surface area contributed by atoms with Gasteiger partial charge in [0.25, 0.3) is 0 Å². The number of anilines is 1. The number of nitrogens with one attached hydrogen (secondary N) is 1. The predicted octanol–water partition coefficient (Wildman–Crippen LogP) is 4.05. The van der Waals surface area contributed by atoms with Gasteiger partial charge in [0.05, 0.1) is 0 Å². The highest BCUT2D eigenvalue weighted by molar-refractivity contribution is 5.48. The zero-order valence-corrected chi connectivity index (χ0v) is 9.16. The Morgan fingerprint density at radius 1 is 1.33 bits per heavy atom. The molecule has 0 spiro atoms. The normalized spacial score (nSPS) is 10.2. The van der Waals surface area contributed by atoms with Crippen molar-refractivity contribution in [2.45, 2.75) is 13.3 Å². The number of rotatable bonds is 5. The van der Waals surface area contributed by atoms with Crippen LogP contribution in [0.1, 0.15) is 12.0 Å². The lowest BCUT2D eigenvalue weighted by Gasteiger charge is -2.07. The SMILES string of the molecule is C=C/C=C\CC(=C)Nc1ccc(C)cc1. The lowest BCUT2D eigenvalue weighted by Crippen LogP contribution is -1.96. The number of hydrogen-bond acceptors (Lipinski definition) is 1. The van der Waals surface area contributed by atoms with Crippen molar-refractivity contribution in [3.8, 4) is 0 Å². The third-order valence-corrected chi connectivity index (χ3v) is 2.01. The van der Waals surface area contributed by atoms with Gasteiger partial charge in [-0.25, -0.2) is 0 Å². The van der Waals surface area contributed by atoms with Crippen molar-refractivity contribution < 1.29 is 0 Å². The first-order valence-electron chi connectivity index (χ1n) is 5.01. The number of allylic oxidation sites excluding steroid dienone is 3. The summed E-state index contributed by atoms with van der Waals surface area (Å²) in [6.45, 7) is 9.64. The fourth-order valence-corrected chi connectivity index (χ4v) is 1.20. The Morgan fingerprint density at radius 2 is 2.00 bits per heavy atom. The van der Waals surface area contributed by atoms with Gasteiger partial charge in [0.15, 0.2) is 0 Å². The molecular weight excluding hydrogens is 182 g/mol. The Bertz CT molecular complexity index is 357. The van der Waals surface area contributed by atoms with Gasteiger partial charge in [0.2, 0.25) is 0 Å². The minimum absolute atomic E-state index is 0.819. The van der Waals surface area contributed by atoms with Crippen molar-refractivity contribution in [2.24, 2.45) is 0 Å². The van der Waals surface area contributed by atoms with Crippen LogP contribution in [0.2, 0.25) is 0 Å². The molecule has 1 nitrogen and oxygen atoms in total. The van der Waals surface area contributed by atoms with Gasteiger partial charge >= 0.3 is 0 Å². The van der Waals surface area contributed by atoms with Gasteiger partial charge in [0.1, 0.15) is 0 Å². The standard InChI is InChI=1S/C14H17N/c1-4-5-6-7-13(3)15-14-10-8-12(2)9-11-14/h4-6,8-11,15H,1,3,7H2,2H3/b6-5-. The lowest BCUT2D eigenvalue weighted by atomic mass is 10.2. The van der Waals surface area contributed by atoms with E-state index in [1.807, 2.05) is 12.2 Å². The Hall–Kier alpha value is -1.76. The minimum Gasteiger partial charge on any atom is -0.359 e. The molecule has 0 amide bonds. The van der Waals surface area contributed by atoms with E-state index in [1.54, 1.807) is 6.08 Å². The molecule has 1 N–H and O–H groups in total. The molecule has 0 aliphatic carbocycles. The fourth-order valence-electron chi connectivity index (χ4n) is 1.20. The third-order valence-electron chi connectivity index (χ3n) is 2.01. The summed E-state index contributed by atoms with van der Waals surface area (Å²) in [6, 6.07) is 8.26. The van der Waals surface area contributed by atoms with Crippen LogP contribution in [-0.2, 0) is 0 Å². The van der Waals surface area contributed by atoms with E-state index in [0.717, 1.165) is 17.8 Å². The summed E-state index contributed by atoms with van der Waals surface area (Å²) < 4.78 is 0. The maximum Gasteiger partial charge on any atom is 0.0381 e. The van der Waals surface area contributed by atoms with Gasteiger partial charge in [-0.2, -0.15) is 0 Å². The first-order valence-corrected chi connectivity index (χ1v) is 5.01. The molecule has 0 heterocycles.